The first-order chi connectivity index (χ1) is 7.70. The first-order valence-electron chi connectivity index (χ1n) is 5.16. The van der Waals surface area contributed by atoms with Crippen molar-refractivity contribution in [3.8, 4) is 0 Å². The largest absolute Gasteiger partial charge is 0.383 e. The van der Waals surface area contributed by atoms with Gasteiger partial charge in [0.2, 0.25) is 0 Å². The molecule has 88 valence electrons. The second kappa shape index (κ2) is 6.07. The van der Waals surface area contributed by atoms with E-state index in [0.29, 0.717) is 19.7 Å². The molecule has 0 aliphatic heterocycles. The van der Waals surface area contributed by atoms with E-state index < -0.39 is 0 Å². The number of carbonyl (C=O) groups excluding carboxylic acids is 1. The topological polar surface area (TPSA) is 62.4 Å². The van der Waals surface area contributed by atoms with Gasteiger partial charge in [0.25, 0.3) is 5.91 Å². The summed E-state index contributed by atoms with van der Waals surface area (Å²) in [5.74, 6) is -0.263. The number of methoxy groups -OCH3 is 1. The Bertz CT molecular complexity index is 400. The summed E-state index contributed by atoms with van der Waals surface area (Å²) in [7, 11) is 1.58. The van der Waals surface area contributed by atoms with Crippen molar-refractivity contribution in [2.45, 2.75) is 6.92 Å². The van der Waals surface area contributed by atoms with Gasteiger partial charge in [-0.15, -0.1) is 0 Å². The number of pyridine rings is 1. The Labute approximate surface area is 94.0 Å². The Balaban J connectivity index is 2.83. The summed E-state index contributed by atoms with van der Waals surface area (Å²) in [4.78, 5) is 27.7. The number of hydrogen-bond donors (Lipinski definition) is 1. The van der Waals surface area contributed by atoms with Crippen LogP contribution in [0.4, 0.5) is 0 Å². The average molecular weight is 224 g/mol. The Kier molecular flexibility index (Phi) is 4.72. The van der Waals surface area contributed by atoms with Crippen molar-refractivity contribution in [2.75, 3.05) is 26.8 Å². The zero-order chi connectivity index (χ0) is 12.0. The maximum Gasteiger partial charge on any atom is 0.259 e. The molecule has 0 bridgehead atoms. The fraction of sp³-hybridized carbons (Fsp3) is 0.455. The van der Waals surface area contributed by atoms with E-state index in [1.165, 1.54) is 18.5 Å². The van der Waals surface area contributed by atoms with Gasteiger partial charge in [-0.25, -0.2) is 0 Å². The van der Waals surface area contributed by atoms with Crippen LogP contribution >= 0.6 is 0 Å². The molecule has 5 heteroatoms. The molecule has 0 fully saturated rings. The summed E-state index contributed by atoms with van der Waals surface area (Å²) in [6.07, 6.45) is 2.94. The van der Waals surface area contributed by atoms with Crippen LogP contribution in [-0.2, 0) is 4.74 Å². The number of likely N-dealkylation sites (N-methyl/N-ethyl adjacent to an activating group) is 1. The fourth-order valence-corrected chi connectivity index (χ4v) is 1.36. The SMILES string of the molecule is CCN(CCOC)C(=O)c1c[nH]ccc1=O. The molecule has 1 N–H and O–H groups in total. The maximum absolute atomic E-state index is 12.0. The first kappa shape index (κ1) is 12.4. The van der Waals surface area contributed by atoms with Gasteiger partial charge in [0.15, 0.2) is 5.43 Å². The van der Waals surface area contributed by atoms with Crippen molar-refractivity contribution in [3.63, 3.8) is 0 Å². The molecule has 16 heavy (non-hydrogen) atoms. The van der Waals surface area contributed by atoms with Gasteiger partial charge in [0, 0.05) is 38.7 Å². The summed E-state index contributed by atoms with van der Waals surface area (Å²) in [6, 6.07) is 1.34. The Morgan fingerprint density at radius 2 is 2.31 bits per heavy atom. The third kappa shape index (κ3) is 2.93. The highest BCUT2D eigenvalue weighted by molar-refractivity contribution is 5.93. The van der Waals surface area contributed by atoms with Gasteiger partial charge in [0.1, 0.15) is 5.56 Å². The van der Waals surface area contributed by atoms with Crippen molar-refractivity contribution in [2.24, 2.45) is 0 Å². The second-order valence-electron chi connectivity index (χ2n) is 3.30. The fourth-order valence-electron chi connectivity index (χ4n) is 1.36. The number of nitrogens with zero attached hydrogens (tertiary/aromatic N) is 1. The minimum atomic E-state index is -0.264. The van der Waals surface area contributed by atoms with Crippen molar-refractivity contribution < 1.29 is 9.53 Å². The highest BCUT2D eigenvalue weighted by atomic mass is 16.5. The predicted molar refractivity (Wildman–Crippen MR) is 60.5 cm³/mol. The van der Waals surface area contributed by atoms with Gasteiger partial charge in [-0.3, -0.25) is 9.59 Å². The summed E-state index contributed by atoms with van der Waals surface area (Å²) in [5.41, 5.74) is -0.0972. The van der Waals surface area contributed by atoms with Crippen molar-refractivity contribution in [3.05, 3.63) is 34.2 Å². The van der Waals surface area contributed by atoms with Crippen LogP contribution in [0.5, 0.6) is 0 Å². The minimum absolute atomic E-state index is 0.167. The molecule has 0 aliphatic rings. The van der Waals surface area contributed by atoms with Crippen LogP contribution in [0.1, 0.15) is 17.3 Å². The van der Waals surface area contributed by atoms with E-state index in [-0.39, 0.29) is 16.9 Å². The molecule has 1 aromatic heterocycles. The van der Waals surface area contributed by atoms with Crippen LogP contribution in [0.15, 0.2) is 23.3 Å². The van der Waals surface area contributed by atoms with Gasteiger partial charge in [-0.05, 0) is 6.92 Å². The highest BCUT2D eigenvalue weighted by Gasteiger charge is 2.16. The molecule has 5 nitrogen and oxygen atoms in total. The van der Waals surface area contributed by atoms with E-state index >= 15 is 0 Å². The lowest BCUT2D eigenvalue weighted by molar-refractivity contribution is 0.0705. The summed E-state index contributed by atoms with van der Waals surface area (Å²) < 4.78 is 4.91. The number of rotatable bonds is 5. The van der Waals surface area contributed by atoms with Crippen molar-refractivity contribution in [1.82, 2.24) is 9.88 Å². The Morgan fingerprint density at radius 3 is 2.88 bits per heavy atom. The number of carbonyl (C=O) groups is 1. The van der Waals surface area contributed by atoms with Gasteiger partial charge in [0.05, 0.1) is 6.61 Å². The summed E-state index contributed by atoms with van der Waals surface area (Å²) in [5, 5.41) is 0. The number of ether oxygens (including phenoxy) is 1. The van der Waals surface area contributed by atoms with E-state index in [0.717, 1.165) is 0 Å². The third-order valence-corrected chi connectivity index (χ3v) is 2.29. The molecule has 1 heterocycles. The molecule has 1 aromatic rings. The molecule has 0 spiro atoms. The van der Waals surface area contributed by atoms with Crippen LogP contribution in [0.2, 0.25) is 0 Å². The van der Waals surface area contributed by atoms with Crippen molar-refractivity contribution >= 4 is 5.91 Å². The third-order valence-electron chi connectivity index (χ3n) is 2.29. The van der Waals surface area contributed by atoms with Crippen LogP contribution in [0.3, 0.4) is 0 Å². The molecular weight excluding hydrogens is 208 g/mol. The second-order valence-corrected chi connectivity index (χ2v) is 3.30. The predicted octanol–water partition coefficient (Wildman–Crippen LogP) is 0.483. The first-order valence-corrected chi connectivity index (χ1v) is 5.16. The lowest BCUT2D eigenvalue weighted by atomic mass is 10.2. The van der Waals surface area contributed by atoms with Crippen molar-refractivity contribution in [1.29, 1.82) is 0 Å². The van der Waals surface area contributed by atoms with E-state index in [4.69, 9.17) is 4.74 Å². The number of aromatic amines is 1. The lowest BCUT2D eigenvalue weighted by Crippen LogP contribution is -2.36. The van der Waals surface area contributed by atoms with Gasteiger partial charge < -0.3 is 14.6 Å². The highest BCUT2D eigenvalue weighted by Crippen LogP contribution is 1.98. The zero-order valence-electron chi connectivity index (χ0n) is 9.53. The molecule has 1 amide bonds. The van der Waals surface area contributed by atoms with E-state index in [1.807, 2.05) is 6.92 Å². The molecule has 0 unspecified atom stereocenters. The van der Waals surface area contributed by atoms with E-state index in [9.17, 15) is 9.59 Å². The van der Waals surface area contributed by atoms with Gasteiger partial charge in [-0.2, -0.15) is 0 Å². The molecule has 0 aromatic carbocycles. The molecule has 0 atom stereocenters. The van der Waals surface area contributed by atoms with Crippen LogP contribution in [-0.4, -0.2) is 42.6 Å². The lowest BCUT2D eigenvalue weighted by Gasteiger charge is -2.19. The average Bonchev–Trinajstić information content (AvgIpc) is 2.30. The summed E-state index contributed by atoms with van der Waals surface area (Å²) >= 11 is 0. The van der Waals surface area contributed by atoms with E-state index in [2.05, 4.69) is 4.98 Å². The van der Waals surface area contributed by atoms with E-state index in [1.54, 1.807) is 12.0 Å². The minimum Gasteiger partial charge on any atom is -0.383 e. The quantitative estimate of drug-likeness (QED) is 0.791. The zero-order valence-corrected chi connectivity index (χ0v) is 9.53. The smallest absolute Gasteiger partial charge is 0.259 e. The molecule has 0 saturated carbocycles. The number of nitrogens with one attached hydrogen (secondary N) is 1. The maximum atomic E-state index is 12.0. The normalized spacial score (nSPS) is 10.1. The van der Waals surface area contributed by atoms with Crippen LogP contribution in [0.25, 0.3) is 0 Å². The molecular formula is C11H16N2O3. The molecule has 0 saturated heterocycles. The molecule has 0 aliphatic carbocycles. The Morgan fingerprint density at radius 1 is 1.56 bits per heavy atom. The number of hydrogen-bond acceptors (Lipinski definition) is 3. The standard InChI is InChI=1S/C11H16N2O3/c1-3-13(6-7-16-2)11(15)9-8-12-5-4-10(9)14/h4-5,8H,3,6-7H2,1-2H3,(H,12,14). The molecule has 0 radical (unpaired) electrons. The van der Waals surface area contributed by atoms with Crippen LogP contribution in [0, 0.1) is 0 Å². The van der Waals surface area contributed by atoms with Gasteiger partial charge >= 0.3 is 0 Å². The number of H-pyrrole nitrogens is 1. The van der Waals surface area contributed by atoms with Gasteiger partial charge in [-0.1, -0.05) is 0 Å². The summed E-state index contributed by atoms with van der Waals surface area (Å²) in [6.45, 7) is 3.37. The number of aromatic nitrogens is 1. The monoisotopic (exact) mass is 224 g/mol. The Hall–Kier alpha value is -1.62. The molecule has 1 rings (SSSR count). The number of amides is 1. The van der Waals surface area contributed by atoms with Crippen LogP contribution < -0.4 is 5.43 Å².